The van der Waals surface area contributed by atoms with Crippen LogP contribution in [0, 0.1) is 0 Å². The third-order valence-electron chi connectivity index (χ3n) is 7.16. The molecule has 0 spiro atoms. The van der Waals surface area contributed by atoms with E-state index < -0.39 is 5.54 Å². The van der Waals surface area contributed by atoms with Gasteiger partial charge in [-0.3, -0.25) is 14.9 Å². The number of halogens is 1. The summed E-state index contributed by atoms with van der Waals surface area (Å²) in [5.41, 5.74) is 2.91. The first-order valence-electron chi connectivity index (χ1n) is 12.7. The van der Waals surface area contributed by atoms with Crippen LogP contribution in [0.25, 0.3) is 11.4 Å². The van der Waals surface area contributed by atoms with E-state index in [-0.39, 0.29) is 11.9 Å². The zero-order valence-corrected chi connectivity index (χ0v) is 22.3. The number of piperidine rings is 1. The van der Waals surface area contributed by atoms with Gasteiger partial charge < -0.3 is 20.7 Å². The number of benzene rings is 2. The zero-order valence-electron chi connectivity index (χ0n) is 20.7. The highest BCUT2D eigenvalue weighted by Gasteiger charge is 2.37. The fourth-order valence-electron chi connectivity index (χ4n) is 5.15. The lowest BCUT2D eigenvalue weighted by Gasteiger charge is -2.37. The molecule has 2 aromatic carbocycles. The Hall–Kier alpha value is -3.76. The molecular weight excluding hydrogens is 546 g/mol. The molecule has 2 aliphatic heterocycles. The monoisotopic (exact) mass is 573 g/mol. The SMILES string of the molecule is O=C(N[C@H]1CCOc2ccc(Br)cc21)c1cccc(NC2(c3nc(-c4ccncc4)n[nH]3)CCNCC2)c1. The second-order valence-electron chi connectivity index (χ2n) is 9.63. The van der Waals surface area contributed by atoms with Crippen LogP contribution in [0.1, 0.15) is 47.1 Å². The first kappa shape index (κ1) is 24.6. The topological polar surface area (TPSA) is 117 Å². The Kier molecular flexibility index (Phi) is 6.82. The Labute approximate surface area is 229 Å². The summed E-state index contributed by atoms with van der Waals surface area (Å²) in [6.07, 6.45) is 5.83. The highest BCUT2D eigenvalue weighted by molar-refractivity contribution is 9.10. The predicted molar refractivity (Wildman–Crippen MR) is 148 cm³/mol. The van der Waals surface area contributed by atoms with E-state index in [4.69, 9.17) is 9.72 Å². The number of rotatable bonds is 6. The maximum absolute atomic E-state index is 13.3. The number of ether oxygens (including phenoxy) is 1. The fourth-order valence-corrected chi connectivity index (χ4v) is 5.53. The minimum absolute atomic E-state index is 0.114. The molecule has 0 unspecified atom stereocenters. The maximum Gasteiger partial charge on any atom is 0.251 e. The Morgan fingerprint density at radius 2 is 1.92 bits per heavy atom. The molecule has 1 atom stereocenters. The van der Waals surface area contributed by atoms with Crippen LogP contribution in [-0.4, -0.2) is 45.8 Å². The molecule has 0 bridgehead atoms. The van der Waals surface area contributed by atoms with Crippen molar-refractivity contribution < 1.29 is 9.53 Å². The number of pyridine rings is 1. The van der Waals surface area contributed by atoms with Crippen LogP contribution in [0.15, 0.2) is 71.5 Å². The quantitative estimate of drug-likeness (QED) is 0.267. The molecule has 2 aliphatic rings. The number of nitrogens with zero attached hydrogens (tertiary/aromatic N) is 3. The van der Waals surface area contributed by atoms with Crippen LogP contribution < -0.4 is 20.7 Å². The molecule has 2 aromatic heterocycles. The van der Waals surface area contributed by atoms with Crippen LogP contribution in [0.2, 0.25) is 0 Å². The number of nitrogens with one attached hydrogen (secondary N) is 4. The van der Waals surface area contributed by atoms with Gasteiger partial charge in [0.15, 0.2) is 11.6 Å². The summed E-state index contributed by atoms with van der Waals surface area (Å²) in [7, 11) is 0. The molecule has 0 radical (unpaired) electrons. The van der Waals surface area contributed by atoms with Crippen molar-refractivity contribution in [3.63, 3.8) is 0 Å². The average molecular weight is 574 g/mol. The highest BCUT2D eigenvalue weighted by atomic mass is 79.9. The number of hydrogen-bond acceptors (Lipinski definition) is 7. The molecule has 1 saturated heterocycles. The van der Waals surface area contributed by atoms with E-state index in [0.29, 0.717) is 24.4 Å². The number of carbonyl (C=O) groups is 1. The summed E-state index contributed by atoms with van der Waals surface area (Å²) in [5.74, 6) is 2.11. The first-order valence-corrected chi connectivity index (χ1v) is 13.5. The summed E-state index contributed by atoms with van der Waals surface area (Å²) in [5, 5.41) is 18.0. The van der Waals surface area contributed by atoms with E-state index in [9.17, 15) is 4.79 Å². The fraction of sp³-hybridized carbons (Fsp3) is 0.286. The second kappa shape index (κ2) is 10.5. The van der Waals surface area contributed by atoms with E-state index >= 15 is 0 Å². The molecular formula is C28H28BrN7O2. The van der Waals surface area contributed by atoms with Gasteiger partial charge >= 0.3 is 0 Å². The Bertz CT molecular complexity index is 1440. The Balaban J connectivity index is 1.23. The van der Waals surface area contributed by atoms with Crippen molar-refractivity contribution in [1.82, 2.24) is 30.8 Å². The molecule has 4 aromatic rings. The second-order valence-corrected chi connectivity index (χ2v) is 10.5. The van der Waals surface area contributed by atoms with E-state index in [2.05, 4.69) is 47.1 Å². The number of H-pyrrole nitrogens is 1. The number of aromatic amines is 1. The molecule has 1 amide bonds. The van der Waals surface area contributed by atoms with Gasteiger partial charge in [-0.25, -0.2) is 4.98 Å². The van der Waals surface area contributed by atoms with Crippen LogP contribution in [0.4, 0.5) is 5.69 Å². The highest BCUT2D eigenvalue weighted by Crippen LogP contribution is 2.35. The Morgan fingerprint density at radius 3 is 2.76 bits per heavy atom. The summed E-state index contributed by atoms with van der Waals surface area (Å²) in [4.78, 5) is 22.3. The zero-order chi connectivity index (χ0) is 26.0. The van der Waals surface area contributed by atoms with Crippen LogP contribution >= 0.6 is 15.9 Å². The molecule has 0 aliphatic carbocycles. The van der Waals surface area contributed by atoms with E-state index in [1.807, 2.05) is 54.6 Å². The number of anilines is 1. The lowest BCUT2D eigenvalue weighted by molar-refractivity contribution is 0.0924. The number of amides is 1. The van der Waals surface area contributed by atoms with Crippen molar-refractivity contribution in [3.05, 3.63) is 88.4 Å². The van der Waals surface area contributed by atoms with Gasteiger partial charge in [-0.2, -0.15) is 5.10 Å². The molecule has 194 valence electrons. The van der Waals surface area contributed by atoms with Crippen LogP contribution in [0.5, 0.6) is 5.75 Å². The summed E-state index contributed by atoms with van der Waals surface area (Å²) < 4.78 is 6.74. The Morgan fingerprint density at radius 1 is 1.08 bits per heavy atom. The lowest BCUT2D eigenvalue weighted by atomic mass is 9.87. The number of hydrogen-bond donors (Lipinski definition) is 4. The minimum atomic E-state index is -0.440. The summed E-state index contributed by atoms with van der Waals surface area (Å²) >= 11 is 3.53. The summed E-state index contributed by atoms with van der Waals surface area (Å²) in [6, 6.07) is 17.2. The normalized spacial score (nSPS) is 18.2. The molecule has 0 saturated carbocycles. The third kappa shape index (κ3) is 5.01. The van der Waals surface area contributed by atoms with E-state index in [1.54, 1.807) is 12.4 Å². The minimum Gasteiger partial charge on any atom is -0.493 e. The van der Waals surface area contributed by atoms with Crippen LogP contribution in [0.3, 0.4) is 0 Å². The van der Waals surface area contributed by atoms with Gasteiger partial charge in [-0.1, -0.05) is 22.0 Å². The van der Waals surface area contributed by atoms with Gasteiger partial charge in [-0.05, 0) is 74.5 Å². The molecule has 9 nitrogen and oxygen atoms in total. The van der Waals surface area contributed by atoms with Crippen molar-refractivity contribution in [2.45, 2.75) is 30.8 Å². The molecule has 10 heteroatoms. The number of fused-ring (bicyclic) bond motifs is 1. The molecule has 4 heterocycles. The predicted octanol–water partition coefficient (Wildman–Crippen LogP) is 4.57. The molecule has 38 heavy (non-hydrogen) atoms. The molecule has 6 rings (SSSR count). The van der Waals surface area contributed by atoms with Gasteiger partial charge in [-0.15, -0.1) is 0 Å². The smallest absolute Gasteiger partial charge is 0.251 e. The van der Waals surface area contributed by atoms with Crippen molar-refractivity contribution in [2.24, 2.45) is 0 Å². The van der Waals surface area contributed by atoms with Crippen molar-refractivity contribution in [1.29, 1.82) is 0 Å². The molecule has 1 fully saturated rings. The third-order valence-corrected chi connectivity index (χ3v) is 7.65. The lowest BCUT2D eigenvalue weighted by Crippen LogP contribution is -2.46. The van der Waals surface area contributed by atoms with Crippen molar-refractivity contribution >= 4 is 27.5 Å². The average Bonchev–Trinajstić information content (AvgIpc) is 3.46. The van der Waals surface area contributed by atoms with Gasteiger partial charge in [0.05, 0.1) is 18.2 Å². The summed E-state index contributed by atoms with van der Waals surface area (Å²) in [6.45, 7) is 2.25. The van der Waals surface area contributed by atoms with Gasteiger partial charge in [0.1, 0.15) is 5.75 Å². The first-order chi connectivity index (χ1) is 18.6. The van der Waals surface area contributed by atoms with Crippen LogP contribution in [-0.2, 0) is 5.54 Å². The number of carbonyl (C=O) groups excluding carboxylic acids is 1. The van der Waals surface area contributed by atoms with E-state index in [1.165, 1.54) is 0 Å². The van der Waals surface area contributed by atoms with Gasteiger partial charge in [0, 0.05) is 45.7 Å². The van der Waals surface area contributed by atoms with E-state index in [0.717, 1.165) is 58.8 Å². The largest absolute Gasteiger partial charge is 0.493 e. The maximum atomic E-state index is 13.3. The number of aromatic nitrogens is 4. The standard InChI is InChI=1S/C28H28BrN7O2/c29-20-4-5-24-22(17-20)23(8-15-38-24)32-26(37)19-2-1-3-21(16-19)34-28(9-13-31-14-10-28)27-33-25(35-36-27)18-6-11-30-12-7-18/h1-7,11-12,16-17,23,31,34H,8-10,13-15H2,(H,32,37)(H,33,35,36)/t23-/m0/s1. The van der Waals surface area contributed by atoms with Gasteiger partial charge in [0.25, 0.3) is 5.91 Å². The van der Waals surface area contributed by atoms with Crippen molar-refractivity contribution in [3.8, 4) is 17.1 Å². The van der Waals surface area contributed by atoms with Crippen molar-refractivity contribution in [2.75, 3.05) is 25.0 Å². The molecule has 4 N–H and O–H groups in total. The van der Waals surface area contributed by atoms with Gasteiger partial charge in [0.2, 0.25) is 0 Å².